The quantitative estimate of drug-likeness (QED) is 0.707. The van der Waals surface area contributed by atoms with E-state index in [2.05, 4.69) is 12.1 Å². The Morgan fingerprint density at radius 2 is 2.47 bits per heavy atom. The number of aromatic nitrogens is 1. The second-order valence-electron chi connectivity index (χ2n) is 4.33. The van der Waals surface area contributed by atoms with Gasteiger partial charge in [0.15, 0.2) is 0 Å². The number of carbonyl (C=O) groups is 1. The van der Waals surface area contributed by atoms with E-state index in [1.807, 2.05) is 11.8 Å². The highest BCUT2D eigenvalue weighted by Gasteiger charge is 2.24. The van der Waals surface area contributed by atoms with Crippen LogP contribution in [-0.2, 0) is 0 Å². The highest BCUT2D eigenvalue weighted by molar-refractivity contribution is 5.91. The molecule has 0 N–H and O–H groups in total. The maximum atomic E-state index is 12.0. The molecule has 4 nitrogen and oxygen atoms in total. The number of rotatable bonds is 1. The molecule has 2 rings (SSSR count). The molecule has 15 heavy (non-hydrogen) atoms. The topological polar surface area (TPSA) is 46.3 Å². The largest absolute Gasteiger partial charge is 0.351 e. The van der Waals surface area contributed by atoms with Gasteiger partial charge >= 0.3 is 0 Å². The van der Waals surface area contributed by atoms with Crippen LogP contribution < -0.4 is 0 Å². The van der Waals surface area contributed by atoms with Crippen LogP contribution in [0.25, 0.3) is 0 Å². The summed E-state index contributed by atoms with van der Waals surface area (Å²) in [7, 11) is 0. The molecule has 1 atom stereocenters. The number of nitrogens with zero attached hydrogens (tertiary/aromatic N) is 2. The van der Waals surface area contributed by atoms with Crippen LogP contribution in [-0.4, -0.2) is 29.1 Å². The fourth-order valence-electron chi connectivity index (χ4n) is 1.99. The average molecular weight is 208 g/mol. The summed E-state index contributed by atoms with van der Waals surface area (Å²) in [5.74, 6) is 0.926. The molecule has 1 amide bonds. The maximum Gasteiger partial charge on any atom is 0.292 e. The third-order valence-electron chi connectivity index (χ3n) is 2.78. The van der Waals surface area contributed by atoms with E-state index in [1.165, 1.54) is 6.42 Å². The van der Waals surface area contributed by atoms with Crippen LogP contribution >= 0.6 is 0 Å². The molecule has 0 spiro atoms. The summed E-state index contributed by atoms with van der Waals surface area (Å²) in [6.45, 7) is 5.66. The number of hydrogen-bond acceptors (Lipinski definition) is 3. The van der Waals surface area contributed by atoms with Crippen LogP contribution in [0, 0.1) is 12.8 Å². The summed E-state index contributed by atoms with van der Waals surface area (Å²) in [6.07, 6.45) is 2.29. The molecule has 2 heterocycles. The molecule has 1 aliphatic rings. The second-order valence-corrected chi connectivity index (χ2v) is 4.33. The molecule has 0 radical (unpaired) electrons. The van der Waals surface area contributed by atoms with Crippen molar-refractivity contribution in [3.05, 3.63) is 17.5 Å². The van der Waals surface area contributed by atoms with Gasteiger partial charge in [0, 0.05) is 19.2 Å². The minimum absolute atomic E-state index is 0.0258. The van der Waals surface area contributed by atoms with E-state index in [0.29, 0.717) is 11.7 Å². The molecule has 1 saturated heterocycles. The van der Waals surface area contributed by atoms with Gasteiger partial charge in [-0.2, -0.15) is 0 Å². The number of hydrogen-bond donors (Lipinski definition) is 0. The number of amides is 1. The van der Waals surface area contributed by atoms with E-state index in [0.717, 1.165) is 25.2 Å². The van der Waals surface area contributed by atoms with Crippen LogP contribution in [0.1, 0.15) is 36.0 Å². The standard InChI is InChI=1S/C11H16N2O2/c1-8-4-3-5-13(7-8)11(14)10-6-9(2)12-15-10/h6,8H,3-5,7H2,1-2H3. The van der Waals surface area contributed by atoms with Crippen molar-refractivity contribution in [2.24, 2.45) is 5.92 Å². The van der Waals surface area contributed by atoms with Crippen molar-refractivity contribution in [3.63, 3.8) is 0 Å². The van der Waals surface area contributed by atoms with Gasteiger partial charge in [0.25, 0.3) is 5.91 Å². The third-order valence-corrected chi connectivity index (χ3v) is 2.78. The van der Waals surface area contributed by atoms with E-state index in [9.17, 15) is 4.79 Å². The van der Waals surface area contributed by atoms with Crippen LogP contribution in [0.15, 0.2) is 10.6 Å². The fraction of sp³-hybridized carbons (Fsp3) is 0.636. The van der Waals surface area contributed by atoms with Gasteiger partial charge in [-0.15, -0.1) is 0 Å². The summed E-state index contributed by atoms with van der Waals surface area (Å²) < 4.78 is 4.97. The first kappa shape index (κ1) is 10.2. The van der Waals surface area contributed by atoms with E-state index in [4.69, 9.17) is 4.52 Å². The summed E-state index contributed by atoms with van der Waals surface area (Å²) in [5, 5.41) is 3.73. The maximum absolute atomic E-state index is 12.0. The minimum Gasteiger partial charge on any atom is -0.351 e. The molecule has 0 aliphatic carbocycles. The molecule has 0 saturated carbocycles. The van der Waals surface area contributed by atoms with Gasteiger partial charge in [-0.05, 0) is 25.7 Å². The minimum atomic E-state index is -0.0258. The van der Waals surface area contributed by atoms with E-state index in [-0.39, 0.29) is 5.91 Å². The Kier molecular flexibility index (Phi) is 2.75. The molecule has 1 aromatic rings. The van der Waals surface area contributed by atoms with Gasteiger partial charge in [-0.3, -0.25) is 4.79 Å². The van der Waals surface area contributed by atoms with Crippen molar-refractivity contribution < 1.29 is 9.32 Å². The first-order valence-electron chi connectivity index (χ1n) is 5.39. The summed E-state index contributed by atoms with van der Waals surface area (Å²) >= 11 is 0. The van der Waals surface area contributed by atoms with Crippen molar-refractivity contribution in [2.75, 3.05) is 13.1 Å². The Morgan fingerprint density at radius 3 is 3.07 bits per heavy atom. The van der Waals surface area contributed by atoms with Crippen LogP contribution in [0.3, 0.4) is 0 Å². The van der Waals surface area contributed by atoms with Gasteiger partial charge in [-0.1, -0.05) is 12.1 Å². The monoisotopic (exact) mass is 208 g/mol. The molecule has 1 aromatic heterocycles. The van der Waals surface area contributed by atoms with Crippen LogP contribution in [0.5, 0.6) is 0 Å². The Bertz CT molecular complexity index is 359. The highest BCUT2D eigenvalue weighted by atomic mass is 16.5. The van der Waals surface area contributed by atoms with Gasteiger partial charge in [-0.25, -0.2) is 0 Å². The van der Waals surface area contributed by atoms with Gasteiger partial charge in [0.1, 0.15) is 0 Å². The predicted molar refractivity (Wildman–Crippen MR) is 55.5 cm³/mol. The molecular formula is C11H16N2O2. The normalized spacial score (nSPS) is 21.7. The van der Waals surface area contributed by atoms with Gasteiger partial charge in [0.2, 0.25) is 5.76 Å². The fourth-order valence-corrected chi connectivity index (χ4v) is 1.99. The molecule has 0 bridgehead atoms. The average Bonchev–Trinajstić information content (AvgIpc) is 2.64. The van der Waals surface area contributed by atoms with E-state index >= 15 is 0 Å². The first-order chi connectivity index (χ1) is 7.16. The molecule has 1 fully saturated rings. The zero-order chi connectivity index (χ0) is 10.8. The second kappa shape index (κ2) is 4.04. The van der Waals surface area contributed by atoms with Crippen LogP contribution in [0.4, 0.5) is 0 Å². The van der Waals surface area contributed by atoms with Crippen molar-refractivity contribution >= 4 is 5.91 Å². The van der Waals surface area contributed by atoms with Crippen molar-refractivity contribution in [2.45, 2.75) is 26.7 Å². The summed E-state index contributed by atoms with van der Waals surface area (Å²) in [5.41, 5.74) is 0.753. The lowest BCUT2D eigenvalue weighted by Crippen LogP contribution is -2.38. The lowest BCUT2D eigenvalue weighted by Gasteiger charge is -2.29. The Morgan fingerprint density at radius 1 is 1.67 bits per heavy atom. The Hall–Kier alpha value is -1.32. The Balaban J connectivity index is 2.07. The molecule has 0 aromatic carbocycles. The molecular weight excluding hydrogens is 192 g/mol. The predicted octanol–water partition coefficient (Wildman–Crippen LogP) is 1.86. The van der Waals surface area contributed by atoms with Crippen molar-refractivity contribution in [1.29, 1.82) is 0 Å². The number of piperidine rings is 1. The molecule has 1 aliphatic heterocycles. The Labute approximate surface area is 89.2 Å². The molecule has 4 heteroatoms. The summed E-state index contributed by atoms with van der Waals surface area (Å²) in [4.78, 5) is 13.8. The first-order valence-corrected chi connectivity index (χ1v) is 5.39. The SMILES string of the molecule is Cc1cc(C(=O)N2CCCC(C)C2)on1. The zero-order valence-corrected chi connectivity index (χ0v) is 9.19. The lowest BCUT2D eigenvalue weighted by molar-refractivity contribution is 0.0641. The number of aryl methyl sites for hydroxylation is 1. The van der Waals surface area contributed by atoms with E-state index < -0.39 is 0 Å². The van der Waals surface area contributed by atoms with E-state index in [1.54, 1.807) is 6.07 Å². The van der Waals surface area contributed by atoms with Crippen molar-refractivity contribution in [1.82, 2.24) is 10.1 Å². The van der Waals surface area contributed by atoms with Gasteiger partial charge < -0.3 is 9.42 Å². The molecule has 1 unspecified atom stereocenters. The smallest absolute Gasteiger partial charge is 0.292 e. The number of likely N-dealkylation sites (tertiary alicyclic amines) is 1. The highest BCUT2D eigenvalue weighted by Crippen LogP contribution is 2.18. The molecule has 82 valence electrons. The van der Waals surface area contributed by atoms with Crippen molar-refractivity contribution in [3.8, 4) is 0 Å². The van der Waals surface area contributed by atoms with Gasteiger partial charge in [0.05, 0.1) is 5.69 Å². The third kappa shape index (κ3) is 2.19. The lowest BCUT2D eigenvalue weighted by atomic mass is 10.0. The number of carbonyl (C=O) groups excluding carboxylic acids is 1. The summed E-state index contributed by atoms with van der Waals surface area (Å²) in [6, 6.07) is 1.70. The zero-order valence-electron chi connectivity index (χ0n) is 9.19. The van der Waals surface area contributed by atoms with Crippen LogP contribution in [0.2, 0.25) is 0 Å².